The molecule has 0 radical (unpaired) electrons. The van der Waals surface area contributed by atoms with Gasteiger partial charge in [0, 0.05) is 18.0 Å². The summed E-state index contributed by atoms with van der Waals surface area (Å²) < 4.78 is 13.4. The molecule has 0 fully saturated rings. The average Bonchev–Trinajstić information content (AvgIpc) is 2.74. The van der Waals surface area contributed by atoms with Crippen LogP contribution in [0, 0.1) is 12.7 Å². The molecule has 0 spiro atoms. The van der Waals surface area contributed by atoms with Crippen molar-refractivity contribution in [1.82, 2.24) is 9.88 Å². The van der Waals surface area contributed by atoms with Gasteiger partial charge in [0.1, 0.15) is 5.82 Å². The van der Waals surface area contributed by atoms with E-state index in [0.29, 0.717) is 12.1 Å². The summed E-state index contributed by atoms with van der Waals surface area (Å²) in [6.45, 7) is 3.21. The number of nitrogens with zero attached hydrogens (tertiary/aromatic N) is 2. The molecular formula is C13H16BFN2O2S. The lowest BCUT2D eigenvalue weighted by Crippen LogP contribution is -2.31. The monoisotopic (exact) mass is 294 g/mol. The third kappa shape index (κ3) is 3.86. The second-order valence-corrected chi connectivity index (χ2v) is 5.74. The molecule has 1 aromatic heterocycles. The first-order valence-electron chi connectivity index (χ1n) is 6.18. The Bertz CT molecular complexity index is 592. The van der Waals surface area contributed by atoms with Crippen molar-refractivity contribution in [3.63, 3.8) is 0 Å². The van der Waals surface area contributed by atoms with E-state index in [1.54, 1.807) is 22.9 Å². The minimum Gasteiger partial charge on any atom is -0.423 e. The molecule has 106 valence electrons. The number of aromatic nitrogens is 1. The van der Waals surface area contributed by atoms with Crippen LogP contribution in [0.3, 0.4) is 0 Å². The van der Waals surface area contributed by atoms with Crippen molar-refractivity contribution in [2.45, 2.75) is 20.0 Å². The fourth-order valence-corrected chi connectivity index (χ4v) is 2.86. The topological polar surface area (TPSA) is 56.6 Å². The van der Waals surface area contributed by atoms with Crippen LogP contribution in [0.25, 0.3) is 0 Å². The van der Waals surface area contributed by atoms with Crippen molar-refractivity contribution < 1.29 is 14.4 Å². The Kier molecular flexibility index (Phi) is 4.88. The highest BCUT2D eigenvalue weighted by Crippen LogP contribution is 2.15. The number of benzene rings is 1. The Morgan fingerprint density at radius 2 is 2.05 bits per heavy atom. The van der Waals surface area contributed by atoms with Crippen LogP contribution in [-0.4, -0.2) is 34.1 Å². The van der Waals surface area contributed by atoms with E-state index in [2.05, 4.69) is 4.98 Å². The molecule has 0 aliphatic rings. The lowest BCUT2D eigenvalue weighted by Gasteiger charge is -2.16. The first-order valence-corrected chi connectivity index (χ1v) is 7.06. The van der Waals surface area contributed by atoms with Gasteiger partial charge in [-0.2, -0.15) is 0 Å². The summed E-state index contributed by atoms with van der Waals surface area (Å²) in [6, 6.07) is 4.13. The van der Waals surface area contributed by atoms with E-state index in [4.69, 9.17) is 10.0 Å². The summed E-state index contributed by atoms with van der Waals surface area (Å²) in [6.07, 6.45) is 0. The fourth-order valence-electron chi connectivity index (χ4n) is 2.01. The molecule has 0 bridgehead atoms. The predicted octanol–water partition coefficient (Wildman–Crippen LogP) is 0.902. The van der Waals surface area contributed by atoms with Crippen molar-refractivity contribution in [2.75, 3.05) is 7.05 Å². The van der Waals surface area contributed by atoms with Gasteiger partial charge in [-0.3, -0.25) is 4.90 Å². The van der Waals surface area contributed by atoms with Gasteiger partial charge in [0.25, 0.3) is 0 Å². The quantitative estimate of drug-likeness (QED) is 0.805. The van der Waals surface area contributed by atoms with Gasteiger partial charge in [0.05, 0.1) is 11.2 Å². The van der Waals surface area contributed by atoms with Gasteiger partial charge in [-0.05, 0) is 37.1 Å². The highest BCUT2D eigenvalue weighted by molar-refractivity contribution is 7.09. The van der Waals surface area contributed by atoms with Crippen molar-refractivity contribution in [3.05, 3.63) is 45.7 Å². The van der Waals surface area contributed by atoms with Crippen LogP contribution in [0.2, 0.25) is 0 Å². The second-order valence-electron chi connectivity index (χ2n) is 4.80. The Balaban J connectivity index is 2.07. The van der Waals surface area contributed by atoms with Crippen molar-refractivity contribution >= 4 is 23.9 Å². The normalized spacial score (nSPS) is 11.1. The summed E-state index contributed by atoms with van der Waals surface area (Å²) in [4.78, 5) is 7.40. The SMILES string of the molecule is Cc1ncsc1CN(C)Cc1cc(F)cc(B(O)O)c1. The number of aryl methyl sites for hydroxylation is 1. The van der Waals surface area contributed by atoms with Crippen LogP contribution in [-0.2, 0) is 13.1 Å². The predicted molar refractivity (Wildman–Crippen MR) is 78.2 cm³/mol. The van der Waals surface area contributed by atoms with Crippen LogP contribution in [0.4, 0.5) is 4.39 Å². The van der Waals surface area contributed by atoms with E-state index < -0.39 is 12.9 Å². The van der Waals surface area contributed by atoms with Gasteiger partial charge < -0.3 is 10.0 Å². The summed E-state index contributed by atoms with van der Waals surface area (Å²) >= 11 is 1.59. The minimum atomic E-state index is -1.65. The zero-order chi connectivity index (χ0) is 14.7. The van der Waals surface area contributed by atoms with Crippen LogP contribution < -0.4 is 5.46 Å². The molecule has 0 aliphatic carbocycles. The Hall–Kier alpha value is -1.28. The standard InChI is InChI=1S/C13H16BFN2O2S/c1-9-13(20-8-16-9)7-17(2)6-10-3-11(14(18)19)5-12(15)4-10/h3-5,8,18-19H,6-7H2,1-2H3. The van der Waals surface area contributed by atoms with E-state index in [-0.39, 0.29) is 5.46 Å². The van der Waals surface area contributed by atoms with Gasteiger partial charge in [-0.1, -0.05) is 6.07 Å². The number of hydrogen-bond acceptors (Lipinski definition) is 5. The molecule has 2 aromatic rings. The van der Waals surface area contributed by atoms with Crippen LogP contribution in [0.5, 0.6) is 0 Å². The number of hydrogen-bond donors (Lipinski definition) is 2. The molecule has 20 heavy (non-hydrogen) atoms. The van der Waals surface area contributed by atoms with Gasteiger partial charge in [-0.15, -0.1) is 11.3 Å². The Morgan fingerprint density at radius 1 is 1.30 bits per heavy atom. The zero-order valence-electron chi connectivity index (χ0n) is 11.4. The molecule has 4 nitrogen and oxygen atoms in total. The summed E-state index contributed by atoms with van der Waals surface area (Å²) in [5, 5.41) is 18.2. The molecule has 1 aromatic carbocycles. The van der Waals surface area contributed by atoms with Crippen molar-refractivity contribution in [3.8, 4) is 0 Å². The van der Waals surface area contributed by atoms with Crippen LogP contribution in [0.1, 0.15) is 16.1 Å². The molecule has 2 rings (SSSR count). The minimum absolute atomic E-state index is 0.169. The van der Waals surface area contributed by atoms with E-state index >= 15 is 0 Å². The van der Waals surface area contributed by atoms with Gasteiger partial charge in [0.15, 0.2) is 0 Å². The third-order valence-electron chi connectivity index (χ3n) is 2.99. The lowest BCUT2D eigenvalue weighted by molar-refractivity contribution is 0.320. The van der Waals surface area contributed by atoms with Gasteiger partial charge >= 0.3 is 7.12 Å². The average molecular weight is 294 g/mol. The summed E-state index contributed by atoms with van der Waals surface area (Å²) in [5.41, 5.74) is 3.69. The molecular weight excluding hydrogens is 278 g/mol. The highest BCUT2D eigenvalue weighted by Gasteiger charge is 2.14. The fraction of sp³-hybridized carbons (Fsp3) is 0.308. The zero-order valence-corrected chi connectivity index (χ0v) is 12.2. The van der Waals surface area contributed by atoms with Crippen molar-refractivity contribution in [2.24, 2.45) is 0 Å². The number of thiazole rings is 1. The van der Waals surface area contributed by atoms with Crippen LogP contribution >= 0.6 is 11.3 Å². The van der Waals surface area contributed by atoms with Crippen LogP contribution in [0.15, 0.2) is 23.7 Å². The largest absolute Gasteiger partial charge is 0.488 e. The molecule has 0 saturated heterocycles. The van der Waals surface area contributed by atoms with E-state index in [1.807, 2.05) is 18.9 Å². The highest BCUT2D eigenvalue weighted by atomic mass is 32.1. The smallest absolute Gasteiger partial charge is 0.423 e. The maximum atomic E-state index is 13.4. The third-order valence-corrected chi connectivity index (χ3v) is 3.91. The molecule has 0 atom stereocenters. The second kappa shape index (κ2) is 6.45. The maximum absolute atomic E-state index is 13.4. The Labute approximate surface area is 121 Å². The Morgan fingerprint density at radius 3 is 2.65 bits per heavy atom. The van der Waals surface area contributed by atoms with Gasteiger partial charge in [-0.25, -0.2) is 9.37 Å². The summed E-state index contributed by atoms with van der Waals surface area (Å²) in [7, 11) is 0.276. The van der Waals surface area contributed by atoms with E-state index in [9.17, 15) is 4.39 Å². The molecule has 7 heteroatoms. The summed E-state index contributed by atoms with van der Waals surface area (Å²) in [5.74, 6) is -0.465. The molecule has 0 aliphatic heterocycles. The lowest BCUT2D eigenvalue weighted by atomic mass is 9.79. The van der Waals surface area contributed by atoms with Crippen molar-refractivity contribution in [1.29, 1.82) is 0 Å². The maximum Gasteiger partial charge on any atom is 0.488 e. The molecule has 0 unspecified atom stereocenters. The molecule has 1 heterocycles. The number of rotatable bonds is 5. The van der Waals surface area contributed by atoms with Gasteiger partial charge in [0.2, 0.25) is 0 Å². The molecule has 0 saturated carbocycles. The molecule has 0 amide bonds. The first kappa shape index (κ1) is 15.1. The van der Waals surface area contributed by atoms with E-state index in [0.717, 1.165) is 18.3 Å². The first-order chi connectivity index (χ1) is 9.45. The van der Waals surface area contributed by atoms with E-state index in [1.165, 1.54) is 10.9 Å². The molecule has 2 N–H and O–H groups in total. The number of halogens is 1.